The molecule has 0 saturated heterocycles. The summed E-state index contributed by atoms with van der Waals surface area (Å²) in [5, 5.41) is 8.27. The number of carbonyl (C=O) groups excluding carboxylic acids is 2. The van der Waals surface area contributed by atoms with Crippen molar-refractivity contribution in [2.24, 2.45) is 0 Å². The number of urea groups is 1. The van der Waals surface area contributed by atoms with Crippen LogP contribution in [0.4, 0.5) is 10.5 Å². The molecule has 1 aromatic carbocycles. The summed E-state index contributed by atoms with van der Waals surface area (Å²) in [6, 6.07) is 10.3. The van der Waals surface area contributed by atoms with Gasteiger partial charge >= 0.3 is 6.03 Å². The Morgan fingerprint density at radius 1 is 1.12 bits per heavy atom. The minimum atomic E-state index is -0.232. The number of pyridine rings is 1. The van der Waals surface area contributed by atoms with Gasteiger partial charge in [-0.15, -0.1) is 0 Å². The average Bonchev–Trinajstić information content (AvgIpc) is 2.60. The van der Waals surface area contributed by atoms with Crippen molar-refractivity contribution in [1.29, 1.82) is 0 Å². The molecule has 0 fully saturated rings. The van der Waals surface area contributed by atoms with Gasteiger partial charge in [0.2, 0.25) is 5.88 Å². The summed E-state index contributed by atoms with van der Waals surface area (Å²) in [5.74, 6) is 0.250. The summed E-state index contributed by atoms with van der Waals surface area (Å²) in [4.78, 5) is 27.8. The Kier molecular flexibility index (Phi) is 6.33. The second kappa shape index (κ2) is 8.68. The first-order valence-electron chi connectivity index (χ1n) is 7.92. The number of anilines is 1. The molecule has 7 nitrogen and oxygen atoms in total. The van der Waals surface area contributed by atoms with Gasteiger partial charge in [0.1, 0.15) is 0 Å². The summed E-state index contributed by atoms with van der Waals surface area (Å²) in [6.45, 7) is 4.18. The Balaban J connectivity index is 1.89. The van der Waals surface area contributed by atoms with Crippen LogP contribution < -0.4 is 20.7 Å². The van der Waals surface area contributed by atoms with Crippen LogP contribution in [0.2, 0.25) is 0 Å². The molecule has 3 amide bonds. The zero-order chi connectivity index (χ0) is 18.2. The molecule has 0 atom stereocenters. The van der Waals surface area contributed by atoms with Crippen molar-refractivity contribution in [1.82, 2.24) is 15.6 Å². The normalized spacial score (nSPS) is 10.2. The highest BCUT2D eigenvalue weighted by Gasteiger charge is 2.07. The highest BCUT2D eigenvalue weighted by Crippen LogP contribution is 2.13. The second-order valence-electron chi connectivity index (χ2n) is 5.72. The Labute approximate surface area is 146 Å². The Morgan fingerprint density at radius 3 is 2.40 bits per heavy atom. The summed E-state index contributed by atoms with van der Waals surface area (Å²) in [7, 11) is 1.53. The average molecular weight is 342 g/mol. The molecule has 1 aromatic heterocycles. The fourth-order valence-electron chi connectivity index (χ4n) is 2.05. The molecule has 7 heteroatoms. The van der Waals surface area contributed by atoms with Crippen LogP contribution in [-0.2, 0) is 6.54 Å². The van der Waals surface area contributed by atoms with E-state index in [9.17, 15) is 9.59 Å². The maximum Gasteiger partial charge on any atom is 0.315 e. The van der Waals surface area contributed by atoms with Gasteiger partial charge in [0.15, 0.2) is 0 Å². The van der Waals surface area contributed by atoms with Gasteiger partial charge in [0.05, 0.1) is 19.0 Å². The Morgan fingerprint density at radius 2 is 1.84 bits per heavy atom. The molecule has 0 radical (unpaired) electrons. The van der Waals surface area contributed by atoms with Crippen molar-refractivity contribution in [2.45, 2.75) is 26.4 Å². The first-order chi connectivity index (χ1) is 12.0. The summed E-state index contributed by atoms with van der Waals surface area (Å²) in [6.07, 6.45) is 1.53. The standard InChI is InChI=1S/C18H22N4O3/c1-12(2)21-18(24)20-10-13-4-6-14(7-5-13)17(23)22-15-8-9-16(25-3)19-11-15/h4-9,11-12H,10H2,1-3H3,(H,22,23)(H2,20,21,24). The van der Waals surface area contributed by atoms with Crippen molar-refractivity contribution in [3.05, 3.63) is 53.7 Å². The molecule has 0 aliphatic carbocycles. The minimum Gasteiger partial charge on any atom is -0.481 e. The first-order valence-corrected chi connectivity index (χ1v) is 7.92. The number of carbonyl (C=O) groups is 2. The lowest BCUT2D eigenvalue weighted by Crippen LogP contribution is -2.39. The molecule has 0 spiro atoms. The van der Waals surface area contributed by atoms with E-state index in [1.807, 2.05) is 13.8 Å². The predicted molar refractivity (Wildman–Crippen MR) is 95.7 cm³/mol. The van der Waals surface area contributed by atoms with Crippen molar-refractivity contribution in [2.75, 3.05) is 12.4 Å². The molecule has 0 unspecified atom stereocenters. The van der Waals surface area contributed by atoms with Gasteiger partial charge in [-0.1, -0.05) is 12.1 Å². The third-order valence-electron chi connectivity index (χ3n) is 3.29. The summed E-state index contributed by atoms with van der Waals surface area (Å²) in [5.41, 5.74) is 2.01. The van der Waals surface area contributed by atoms with Gasteiger partial charge in [-0.05, 0) is 37.6 Å². The Hall–Kier alpha value is -3.09. The van der Waals surface area contributed by atoms with E-state index in [1.165, 1.54) is 13.3 Å². The number of hydrogen-bond acceptors (Lipinski definition) is 4. The van der Waals surface area contributed by atoms with E-state index in [1.54, 1.807) is 36.4 Å². The number of nitrogens with one attached hydrogen (secondary N) is 3. The first kappa shape index (κ1) is 18.3. The molecule has 1 heterocycles. The van der Waals surface area contributed by atoms with Crippen molar-refractivity contribution < 1.29 is 14.3 Å². The lowest BCUT2D eigenvalue weighted by atomic mass is 10.1. The smallest absolute Gasteiger partial charge is 0.315 e. The molecule has 2 aromatic rings. The van der Waals surface area contributed by atoms with Gasteiger partial charge in [0, 0.05) is 24.2 Å². The van der Waals surface area contributed by atoms with Gasteiger partial charge < -0.3 is 20.7 Å². The molecule has 2 rings (SSSR count). The number of rotatable bonds is 6. The predicted octanol–water partition coefficient (Wildman–Crippen LogP) is 2.55. The lowest BCUT2D eigenvalue weighted by molar-refractivity contribution is 0.102. The van der Waals surface area contributed by atoms with Gasteiger partial charge in [-0.2, -0.15) is 0 Å². The molecule has 0 saturated carbocycles. The summed E-state index contributed by atoms with van der Waals surface area (Å²) >= 11 is 0. The summed E-state index contributed by atoms with van der Waals surface area (Å²) < 4.78 is 4.97. The molecule has 0 bridgehead atoms. The van der Waals surface area contributed by atoms with E-state index in [0.29, 0.717) is 23.7 Å². The molecule has 0 aliphatic rings. The SMILES string of the molecule is COc1ccc(NC(=O)c2ccc(CNC(=O)NC(C)C)cc2)cn1. The van der Waals surface area contributed by atoms with Crippen LogP contribution in [0.5, 0.6) is 5.88 Å². The van der Waals surface area contributed by atoms with Gasteiger partial charge in [-0.3, -0.25) is 4.79 Å². The van der Waals surface area contributed by atoms with Gasteiger partial charge in [0.25, 0.3) is 5.91 Å². The van der Waals surface area contributed by atoms with E-state index >= 15 is 0 Å². The van der Waals surface area contributed by atoms with E-state index in [2.05, 4.69) is 20.9 Å². The second-order valence-corrected chi connectivity index (χ2v) is 5.72. The van der Waals surface area contributed by atoms with Crippen LogP contribution in [0, 0.1) is 0 Å². The lowest BCUT2D eigenvalue weighted by Gasteiger charge is -2.10. The van der Waals surface area contributed by atoms with Crippen LogP contribution in [0.15, 0.2) is 42.6 Å². The largest absolute Gasteiger partial charge is 0.481 e. The van der Waals surface area contributed by atoms with Crippen molar-refractivity contribution >= 4 is 17.6 Å². The zero-order valence-electron chi connectivity index (χ0n) is 14.5. The number of aromatic nitrogens is 1. The van der Waals surface area contributed by atoms with Gasteiger partial charge in [-0.25, -0.2) is 9.78 Å². The molecular weight excluding hydrogens is 320 g/mol. The van der Waals surface area contributed by atoms with Crippen molar-refractivity contribution in [3.63, 3.8) is 0 Å². The number of hydrogen-bond donors (Lipinski definition) is 3. The van der Waals surface area contributed by atoms with E-state index in [-0.39, 0.29) is 18.0 Å². The maximum atomic E-state index is 12.2. The van der Waals surface area contributed by atoms with E-state index in [0.717, 1.165) is 5.56 Å². The number of amides is 3. The van der Waals surface area contributed by atoms with Crippen LogP contribution in [0.25, 0.3) is 0 Å². The quantitative estimate of drug-likeness (QED) is 0.752. The fourth-order valence-corrected chi connectivity index (χ4v) is 2.05. The third-order valence-corrected chi connectivity index (χ3v) is 3.29. The maximum absolute atomic E-state index is 12.2. The van der Waals surface area contributed by atoms with Crippen LogP contribution >= 0.6 is 0 Å². The number of ether oxygens (including phenoxy) is 1. The highest BCUT2D eigenvalue weighted by molar-refractivity contribution is 6.04. The van der Waals surface area contributed by atoms with Crippen LogP contribution in [0.3, 0.4) is 0 Å². The Bertz CT molecular complexity index is 712. The van der Waals surface area contributed by atoms with E-state index in [4.69, 9.17) is 4.74 Å². The molecular formula is C18H22N4O3. The van der Waals surface area contributed by atoms with Crippen LogP contribution in [-0.4, -0.2) is 30.1 Å². The third kappa shape index (κ3) is 5.80. The van der Waals surface area contributed by atoms with E-state index < -0.39 is 0 Å². The number of methoxy groups -OCH3 is 1. The van der Waals surface area contributed by atoms with Crippen LogP contribution in [0.1, 0.15) is 29.8 Å². The fraction of sp³-hybridized carbons (Fsp3) is 0.278. The highest BCUT2D eigenvalue weighted by atomic mass is 16.5. The molecule has 3 N–H and O–H groups in total. The number of nitrogens with zero attached hydrogens (tertiary/aromatic N) is 1. The molecule has 132 valence electrons. The molecule has 0 aliphatic heterocycles. The molecule has 25 heavy (non-hydrogen) atoms. The van der Waals surface area contributed by atoms with Crippen molar-refractivity contribution in [3.8, 4) is 5.88 Å². The minimum absolute atomic E-state index is 0.0820. The monoisotopic (exact) mass is 342 g/mol. The topological polar surface area (TPSA) is 92.4 Å². The zero-order valence-corrected chi connectivity index (χ0v) is 14.5. The number of benzene rings is 1.